The largest absolute Gasteiger partial charge is 0.287 e. The van der Waals surface area contributed by atoms with Crippen LogP contribution in [0.4, 0.5) is 0 Å². The first-order valence-electron chi connectivity index (χ1n) is 7.71. The van der Waals surface area contributed by atoms with Crippen molar-refractivity contribution in [1.29, 1.82) is 0 Å². The average Bonchev–Trinajstić information content (AvgIpc) is 2.63. The van der Waals surface area contributed by atoms with Crippen LogP contribution in [0.15, 0.2) is 61.4 Å². The molecule has 2 aromatic heterocycles. The number of nitrogens with zero attached hydrogens (tertiary/aromatic N) is 5. The van der Waals surface area contributed by atoms with Crippen LogP contribution in [-0.2, 0) is 7.05 Å². The van der Waals surface area contributed by atoms with Gasteiger partial charge in [-0.2, -0.15) is 0 Å². The monoisotopic (exact) mass is 314 g/mol. The average molecular weight is 314 g/mol. The van der Waals surface area contributed by atoms with Crippen molar-refractivity contribution in [3.8, 4) is 22.6 Å². The highest BCUT2D eigenvalue weighted by Gasteiger charge is 2.17. The van der Waals surface area contributed by atoms with E-state index in [0.29, 0.717) is 5.82 Å². The molecule has 5 heteroatoms. The van der Waals surface area contributed by atoms with Crippen molar-refractivity contribution in [3.05, 3.63) is 67.0 Å². The molecule has 0 radical (unpaired) electrons. The smallest absolute Gasteiger partial charge is 0.232 e. The van der Waals surface area contributed by atoms with Crippen LogP contribution < -0.4 is 4.57 Å². The van der Waals surface area contributed by atoms with E-state index in [4.69, 9.17) is 0 Å². The summed E-state index contributed by atoms with van der Waals surface area (Å²) in [6, 6.07) is 14.5. The molecule has 0 fully saturated rings. The third kappa shape index (κ3) is 2.40. The molecule has 5 nitrogen and oxygen atoms in total. The predicted molar refractivity (Wildman–Crippen MR) is 91.9 cm³/mol. The normalized spacial score (nSPS) is 10.9. The Balaban J connectivity index is 1.96. The van der Waals surface area contributed by atoms with Gasteiger partial charge in [-0.25, -0.2) is 19.5 Å². The Morgan fingerprint density at radius 3 is 2.50 bits per heavy atom. The van der Waals surface area contributed by atoms with E-state index >= 15 is 0 Å². The highest BCUT2D eigenvalue weighted by atomic mass is 15.0. The van der Waals surface area contributed by atoms with Crippen molar-refractivity contribution in [1.82, 2.24) is 19.9 Å². The summed E-state index contributed by atoms with van der Waals surface area (Å²) in [5, 5.41) is 1.10. The zero-order valence-electron chi connectivity index (χ0n) is 13.5. The minimum absolute atomic E-state index is 0.652. The molecular formula is C19H16N5+. The third-order valence-corrected chi connectivity index (χ3v) is 4.13. The molecule has 0 aliphatic carbocycles. The number of benzene rings is 2. The van der Waals surface area contributed by atoms with Gasteiger partial charge < -0.3 is 0 Å². The van der Waals surface area contributed by atoms with Gasteiger partial charge in [-0.15, -0.1) is 0 Å². The molecule has 2 heterocycles. The SMILES string of the molecule is Cc1ccccc1-c1c2ccc(-c3ncncn3)cc2nc[n+]1C. The minimum atomic E-state index is 0.652. The molecule has 4 rings (SSSR count). The lowest BCUT2D eigenvalue weighted by atomic mass is 10.0. The van der Waals surface area contributed by atoms with Crippen molar-refractivity contribution >= 4 is 10.9 Å². The van der Waals surface area contributed by atoms with E-state index in [1.807, 2.05) is 25.5 Å². The molecule has 4 aromatic rings. The maximum Gasteiger partial charge on any atom is 0.287 e. The Hall–Kier alpha value is -3.21. The second-order valence-corrected chi connectivity index (χ2v) is 5.71. The van der Waals surface area contributed by atoms with Gasteiger partial charge in [0.2, 0.25) is 0 Å². The second kappa shape index (κ2) is 5.77. The van der Waals surface area contributed by atoms with Crippen LogP contribution in [0.2, 0.25) is 0 Å². The van der Waals surface area contributed by atoms with E-state index in [0.717, 1.165) is 22.2 Å². The Morgan fingerprint density at radius 1 is 0.917 bits per heavy atom. The van der Waals surface area contributed by atoms with E-state index in [-0.39, 0.29) is 0 Å². The van der Waals surface area contributed by atoms with Crippen LogP contribution in [-0.4, -0.2) is 19.9 Å². The van der Waals surface area contributed by atoms with E-state index in [9.17, 15) is 0 Å². The highest BCUT2D eigenvalue weighted by Crippen LogP contribution is 2.28. The number of rotatable bonds is 2. The molecule has 0 aliphatic rings. The molecule has 0 N–H and O–H groups in total. The first-order chi connectivity index (χ1) is 11.7. The molecule has 24 heavy (non-hydrogen) atoms. The van der Waals surface area contributed by atoms with Gasteiger partial charge in [0.1, 0.15) is 18.3 Å². The van der Waals surface area contributed by atoms with Gasteiger partial charge >= 0.3 is 0 Å². The number of aryl methyl sites for hydroxylation is 2. The molecule has 0 unspecified atom stereocenters. The molecule has 0 atom stereocenters. The maximum atomic E-state index is 4.57. The summed E-state index contributed by atoms with van der Waals surface area (Å²) >= 11 is 0. The van der Waals surface area contributed by atoms with Crippen molar-refractivity contribution in [3.63, 3.8) is 0 Å². The topological polar surface area (TPSA) is 55.4 Å². The fraction of sp³-hybridized carbons (Fsp3) is 0.105. The summed E-state index contributed by atoms with van der Waals surface area (Å²) in [5.41, 5.74) is 5.45. The standard InChI is InChI=1S/C19H16N5/c1-13-5-3-4-6-15(13)18-16-8-7-14(19-21-10-20-11-22-19)9-17(16)23-12-24(18)2/h3-12H,1-2H3/q+1. The highest BCUT2D eigenvalue weighted by molar-refractivity contribution is 5.93. The number of hydrogen-bond donors (Lipinski definition) is 0. The van der Waals surface area contributed by atoms with E-state index < -0.39 is 0 Å². The summed E-state index contributed by atoms with van der Waals surface area (Å²) < 4.78 is 2.06. The fourth-order valence-corrected chi connectivity index (χ4v) is 2.94. The van der Waals surface area contributed by atoms with Crippen molar-refractivity contribution < 1.29 is 4.57 Å². The molecule has 0 aliphatic heterocycles. The lowest BCUT2D eigenvalue weighted by molar-refractivity contribution is -0.662. The Bertz CT molecular complexity index is 1030. The van der Waals surface area contributed by atoms with Gasteiger partial charge in [0, 0.05) is 17.2 Å². The Labute approximate surface area is 139 Å². The summed E-state index contributed by atoms with van der Waals surface area (Å²) in [4.78, 5) is 16.9. The van der Waals surface area contributed by atoms with Crippen LogP contribution in [0.1, 0.15) is 5.56 Å². The summed E-state index contributed by atoms with van der Waals surface area (Å²) in [6.07, 6.45) is 4.86. The Morgan fingerprint density at radius 2 is 1.71 bits per heavy atom. The zero-order chi connectivity index (χ0) is 16.5. The Kier molecular flexibility index (Phi) is 3.46. The third-order valence-electron chi connectivity index (χ3n) is 4.13. The second-order valence-electron chi connectivity index (χ2n) is 5.71. The molecule has 0 bridgehead atoms. The van der Waals surface area contributed by atoms with Gasteiger partial charge in [-0.05, 0) is 23.5 Å². The molecule has 2 aromatic carbocycles. The van der Waals surface area contributed by atoms with Crippen LogP contribution in [0, 0.1) is 6.92 Å². The molecule has 116 valence electrons. The quantitative estimate of drug-likeness (QED) is 0.534. The van der Waals surface area contributed by atoms with Gasteiger partial charge in [-0.1, -0.05) is 30.3 Å². The van der Waals surface area contributed by atoms with Crippen LogP contribution >= 0.6 is 0 Å². The number of aromatic nitrogens is 5. The van der Waals surface area contributed by atoms with Crippen molar-refractivity contribution in [2.24, 2.45) is 7.05 Å². The molecule has 0 spiro atoms. The fourth-order valence-electron chi connectivity index (χ4n) is 2.94. The first kappa shape index (κ1) is 14.4. The van der Waals surface area contributed by atoms with Crippen molar-refractivity contribution in [2.75, 3.05) is 0 Å². The summed E-state index contributed by atoms with van der Waals surface area (Å²) in [7, 11) is 2.02. The molecule has 0 saturated heterocycles. The summed E-state index contributed by atoms with van der Waals surface area (Å²) in [6.45, 7) is 2.13. The number of hydrogen-bond acceptors (Lipinski definition) is 4. The lowest BCUT2D eigenvalue weighted by Crippen LogP contribution is -2.31. The first-order valence-corrected chi connectivity index (χ1v) is 7.71. The number of fused-ring (bicyclic) bond motifs is 1. The van der Waals surface area contributed by atoms with Gasteiger partial charge in [0.05, 0.1) is 12.4 Å². The minimum Gasteiger partial charge on any atom is -0.232 e. The van der Waals surface area contributed by atoms with Crippen molar-refractivity contribution in [2.45, 2.75) is 6.92 Å². The molecular weight excluding hydrogens is 298 g/mol. The van der Waals surface area contributed by atoms with Crippen LogP contribution in [0.3, 0.4) is 0 Å². The predicted octanol–water partition coefficient (Wildman–Crippen LogP) is 2.89. The zero-order valence-corrected chi connectivity index (χ0v) is 13.5. The van der Waals surface area contributed by atoms with Gasteiger partial charge in [-0.3, -0.25) is 0 Å². The van der Waals surface area contributed by atoms with E-state index in [1.54, 1.807) is 0 Å². The lowest BCUT2D eigenvalue weighted by Gasteiger charge is -2.09. The van der Waals surface area contributed by atoms with E-state index in [1.165, 1.54) is 23.8 Å². The van der Waals surface area contributed by atoms with Crippen LogP contribution in [0.25, 0.3) is 33.5 Å². The maximum absolute atomic E-state index is 4.57. The summed E-state index contributed by atoms with van der Waals surface area (Å²) in [5.74, 6) is 0.652. The van der Waals surface area contributed by atoms with Gasteiger partial charge in [0.15, 0.2) is 11.3 Å². The molecule has 0 saturated carbocycles. The van der Waals surface area contributed by atoms with E-state index in [2.05, 4.69) is 61.8 Å². The van der Waals surface area contributed by atoms with Crippen LogP contribution in [0.5, 0.6) is 0 Å². The van der Waals surface area contributed by atoms with Gasteiger partial charge in [0.25, 0.3) is 6.33 Å². The molecule has 0 amide bonds.